The molecule has 2 atom stereocenters. The van der Waals surface area contributed by atoms with Crippen LogP contribution in [0.4, 0.5) is 8.78 Å². The van der Waals surface area contributed by atoms with Crippen LogP contribution in [-0.2, 0) is 11.2 Å². The lowest BCUT2D eigenvalue weighted by Gasteiger charge is -2.33. The number of hydrogen-bond acceptors (Lipinski definition) is 3. The maximum atomic E-state index is 13.1. The van der Waals surface area contributed by atoms with E-state index < -0.39 is 11.6 Å². The van der Waals surface area contributed by atoms with Gasteiger partial charge in [0.05, 0.1) is 12.7 Å². The van der Waals surface area contributed by atoms with Crippen LogP contribution < -0.4 is 5.73 Å². The molecule has 0 bridgehead atoms. The van der Waals surface area contributed by atoms with Crippen LogP contribution in [0.1, 0.15) is 5.56 Å². The maximum absolute atomic E-state index is 13.1. The molecule has 1 fully saturated rings. The van der Waals surface area contributed by atoms with Gasteiger partial charge >= 0.3 is 0 Å². The zero-order valence-electron chi connectivity index (χ0n) is 10.4. The van der Waals surface area contributed by atoms with Gasteiger partial charge in [0.25, 0.3) is 0 Å². The highest BCUT2D eigenvalue weighted by Crippen LogP contribution is 2.13. The number of likely N-dealkylation sites (N-methyl/N-ethyl adjacent to an activating group) is 1. The highest BCUT2D eigenvalue weighted by molar-refractivity contribution is 5.19. The third-order valence-corrected chi connectivity index (χ3v) is 3.17. The van der Waals surface area contributed by atoms with Crippen LogP contribution in [0, 0.1) is 11.6 Å². The summed E-state index contributed by atoms with van der Waals surface area (Å²) in [5.41, 5.74) is 6.61. The van der Waals surface area contributed by atoms with Gasteiger partial charge in [-0.1, -0.05) is 0 Å². The number of halogens is 2. The molecule has 0 amide bonds. The number of hydrogen-bond donors (Lipinski definition) is 1. The Hall–Kier alpha value is -1.04. The maximum Gasteiger partial charge on any atom is 0.126 e. The van der Waals surface area contributed by atoms with Crippen molar-refractivity contribution in [1.29, 1.82) is 0 Å². The summed E-state index contributed by atoms with van der Waals surface area (Å²) in [4.78, 5) is 2.14. The topological polar surface area (TPSA) is 38.5 Å². The van der Waals surface area contributed by atoms with Crippen LogP contribution in [0.25, 0.3) is 0 Å². The van der Waals surface area contributed by atoms with E-state index in [1.54, 1.807) is 0 Å². The zero-order valence-corrected chi connectivity index (χ0v) is 10.4. The molecule has 2 unspecified atom stereocenters. The van der Waals surface area contributed by atoms with Crippen molar-refractivity contribution < 1.29 is 13.5 Å². The number of benzene rings is 1. The Morgan fingerprint density at radius 2 is 2.06 bits per heavy atom. The van der Waals surface area contributed by atoms with Gasteiger partial charge in [-0.25, -0.2) is 8.78 Å². The molecule has 1 saturated heterocycles. The van der Waals surface area contributed by atoms with Gasteiger partial charge in [-0.2, -0.15) is 0 Å². The van der Waals surface area contributed by atoms with Crippen molar-refractivity contribution in [3.05, 3.63) is 35.4 Å². The molecule has 1 aromatic carbocycles. The lowest BCUT2D eigenvalue weighted by atomic mass is 10.0. The van der Waals surface area contributed by atoms with E-state index in [9.17, 15) is 8.78 Å². The minimum absolute atomic E-state index is 0.0879. The van der Waals surface area contributed by atoms with Gasteiger partial charge < -0.3 is 15.4 Å². The van der Waals surface area contributed by atoms with E-state index in [1.165, 1.54) is 12.1 Å². The van der Waals surface area contributed by atoms with Crippen LogP contribution in [0.5, 0.6) is 0 Å². The van der Waals surface area contributed by atoms with Gasteiger partial charge in [0.15, 0.2) is 0 Å². The quantitative estimate of drug-likeness (QED) is 0.882. The van der Waals surface area contributed by atoms with Gasteiger partial charge in [-0.05, 0) is 31.2 Å². The van der Waals surface area contributed by atoms with E-state index in [1.807, 2.05) is 7.05 Å². The fourth-order valence-electron chi connectivity index (χ4n) is 2.20. The predicted octanol–water partition coefficient (Wildman–Crippen LogP) is 1.17. The second-order valence-corrected chi connectivity index (χ2v) is 4.82. The molecule has 1 aliphatic heterocycles. The van der Waals surface area contributed by atoms with E-state index in [4.69, 9.17) is 10.5 Å². The molecule has 18 heavy (non-hydrogen) atoms. The molecule has 3 nitrogen and oxygen atoms in total. The molecule has 0 spiro atoms. The smallest absolute Gasteiger partial charge is 0.126 e. The molecular formula is C13H18F2N2O. The van der Waals surface area contributed by atoms with Crippen LogP contribution in [0.3, 0.4) is 0 Å². The number of nitrogens with two attached hydrogens (primary N) is 1. The summed E-state index contributed by atoms with van der Waals surface area (Å²) in [6.07, 6.45) is 0.322. The molecule has 1 aliphatic rings. The summed E-state index contributed by atoms with van der Waals surface area (Å²) in [5.74, 6) is -1.14. The lowest BCUT2D eigenvalue weighted by Crippen LogP contribution is -2.50. The summed E-state index contributed by atoms with van der Waals surface area (Å²) in [7, 11) is 2.00. The monoisotopic (exact) mass is 256 g/mol. The van der Waals surface area contributed by atoms with E-state index in [-0.39, 0.29) is 12.1 Å². The summed E-state index contributed by atoms with van der Waals surface area (Å²) in [6, 6.07) is 3.24. The van der Waals surface area contributed by atoms with Crippen molar-refractivity contribution in [1.82, 2.24) is 4.90 Å². The lowest BCUT2D eigenvalue weighted by molar-refractivity contribution is -0.0319. The fourth-order valence-corrected chi connectivity index (χ4v) is 2.20. The van der Waals surface area contributed by atoms with Gasteiger partial charge in [-0.15, -0.1) is 0 Å². The molecule has 0 aliphatic carbocycles. The van der Waals surface area contributed by atoms with Gasteiger partial charge in [-0.3, -0.25) is 0 Å². The second kappa shape index (κ2) is 5.73. The van der Waals surface area contributed by atoms with Crippen molar-refractivity contribution in [3.63, 3.8) is 0 Å². The van der Waals surface area contributed by atoms with Crippen molar-refractivity contribution in [2.75, 3.05) is 26.7 Å². The summed E-state index contributed by atoms with van der Waals surface area (Å²) in [5, 5.41) is 0. The SMILES string of the molecule is CN1CCOC(C(N)Cc2cc(F)cc(F)c2)C1. The number of rotatable bonds is 3. The normalized spacial score (nSPS) is 23.0. The van der Waals surface area contributed by atoms with Crippen LogP contribution in [-0.4, -0.2) is 43.8 Å². The Bertz CT molecular complexity index is 394. The van der Waals surface area contributed by atoms with Crippen molar-refractivity contribution in [2.24, 2.45) is 5.73 Å². The molecule has 2 N–H and O–H groups in total. The van der Waals surface area contributed by atoms with Gasteiger partial charge in [0.2, 0.25) is 0 Å². The summed E-state index contributed by atoms with van der Waals surface area (Å²) in [6.45, 7) is 2.28. The third kappa shape index (κ3) is 3.48. The molecule has 5 heteroatoms. The van der Waals surface area contributed by atoms with Crippen molar-refractivity contribution >= 4 is 0 Å². The average Bonchev–Trinajstić information content (AvgIpc) is 2.27. The largest absolute Gasteiger partial charge is 0.374 e. The first kappa shape index (κ1) is 13.4. The first-order chi connectivity index (χ1) is 8.54. The minimum Gasteiger partial charge on any atom is -0.374 e. The number of ether oxygens (including phenoxy) is 1. The molecule has 1 heterocycles. The average molecular weight is 256 g/mol. The Labute approximate surface area is 106 Å². The minimum atomic E-state index is -0.570. The molecular weight excluding hydrogens is 238 g/mol. The molecule has 0 radical (unpaired) electrons. The molecule has 100 valence electrons. The zero-order chi connectivity index (χ0) is 13.1. The summed E-state index contributed by atoms with van der Waals surface area (Å²) >= 11 is 0. The van der Waals surface area contributed by atoms with E-state index in [0.29, 0.717) is 18.6 Å². The highest BCUT2D eigenvalue weighted by Gasteiger charge is 2.24. The predicted molar refractivity (Wildman–Crippen MR) is 65.3 cm³/mol. The fraction of sp³-hybridized carbons (Fsp3) is 0.538. The van der Waals surface area contributed by atoms with E-state index in [2.05, 4.69) is 4.90 Å². The highest BCUT2D eigenvalue weighted by atomic mass is 19.1. The van der Waals surface area contributed by atoms with Crippen molar-refractivity contribution in [2.45, 2.75) is 18.6 Å². The van der Waals surface area contributed by atoms with Gasteiger partial charge in [0, 0.05) is 25.2 Å². The van der Waals surface area contributed by atoms with Crippen LogP contribution in [0.15, 0.2) is 18.2 Å². The van der Waals surface area contributed by atoms with Crippen molar-refractivity contribution in [3.8, 4) is 0 Å². The standard InChI is InChI=1S/C13H18F2N2O/c1-17-2-3-18-13(8-17)12(16)6-9-4-10(14)7-11(15)5-9/h4-5,7,12-13H,2-3,6,8,16H2,1H3. The molecule has 1 aromatic rings. The van der Waals surface area contributed by atoms with E-state index >= 15 is 0 Å². The Balaban J connectivity index is 1.99. The number of nitrogens with zero attached hydrogens (tertiary/aromatic N) is 1. The third-order valence-electron chi connectivity index (χ3n) is 3.17. The van der Waals surface area contributed by atoms with E-state index in [0.717, 1.165) is 19.2 Å². The van der Waals surface area contributed by atoms with Crippen LogP contribution in [0.2, 0.25) is 0 Å². The summed E-state index contributed by atoms with van der Waals surface area (Å²) < 4.78 is 31.7. The second-order valence-electron chi connectivity index (χ2n) is 4.82. The van der Waals surface area contributed by atoms with Gasteiger partial charge in [0.1, 0.15) is 11.6 Å². The Morgan fingerprint density at radius 1 is 1.39 bits per heavy atom. The first-order valence-electron chi connectivity index (χ1n) is 6.05. The Morgan fingerprint density at radius 3 is 2.67 bits per heavy atom. The Kier molecular flexibility index (Phi) is 4.27. The molecule has 0 saturated carbocycles. The molecule has 0 aromatic heterocycles. The molecule has 2 rings (SSSR count). The van der Waals surface area contributed by atoms with Crippen LogP contribution >= 0.6 is 0 Å². The first-order valence-corrected chi connectivity index (χ1v) is 6.05. The number of morpholine rings is 1.